The third kappa shape index (κ3) is 4.13. The predicted octanol–water partition coefficient (Wildman–Crippen LogP) is 2.60. The second kappa shape index (κ2) is 7.84. The first-order chi connectivity index (χ1) is 8.72. The molecule has 0 fully saturated rings. The SMILES string of the molecule is COC/C(=C/c1cccc(OC)c1F)CCCN. The maximum atomic E-state index is 14.0. The summed E-state index contributed by atoms with van der Waals surface area (Å²) in [6, 6.07) is 5.08. The number of benzene rings is 1. The highest BCUT2D eigenvalue weighted by Gasteiger charge is 2.07. The van der Waals surface area contributed by atoms with E-state index >= 15 is 0 Å². The van der Waals surface area contributed by atoms with Gasteiger partial charge in [0.05, 0.1) is 13.7 Å². The Morgan fingerprint density at radius 3 is 2.78 bits per heavy atom. The minimum absolute atomic E-state index is 0.249. The lowest BCUT2D eigenvalue weighted by molar-refractivity contribution is 0.223. The number of hydrogen-bond donors (Lipinski definition) is 1. The van der Waals surface area contributed by atoms with Crippen LogP contribution < -0.4 is 10.5 Å². The smallest absolute Gasteiger partial charge is 0.172 e. The Kier molecular flexibility index (Phi) is 6.39. The lowest BCUT2D eigenvalue weighted by Gasteiger charge is -2.08. The molecule has 18 heavy (non-hydrogen) atoms. The average molecular weight is 253 g/mol. The van der Waals surface area contributed by atoms with E-state index in [1.165, 1.54) is 7.11 Å². The van der Waals surface area contributed by atoms with Crippen LogP contribution in [0.4, 0.5) is 4.39 Å². The first-order valence-corrected chi connectivity index (χ1v) is 5.94. The van der Waals surface area contributed by atoms with E-state index in [9.17, 15) is 4.39 Å². The van der Waals surface area contributed by atoms with E-state index in [2.05, 4.69) is 0 Å². The van der Waals surface area contributed by atoms with Crippen LogP contribution in [0, 0.1) is 5.82 Å². The molecule has 0 atom stereocenters. The van der Waals surface area contributed by atoms with Crippen LogP contribution in [-0.2, 0) is 4.74 Å². The van der Waals surface area contributed by atoms with Crippen LogP contribution in [-0.4, -0.2) is 27.4 Å². The number of rotatable bonds is 7. The summed E-state index contributed by atoms with van der Waals surface area (Å²) in [6.45, 7) is 1.10. The molecule has 0 saturated carbocycles. The normalized spacial score (nSPS) is 11.7. The number of hydrogen-bond acceptors (Lipinski definition) is 3. The molecule has 0 radical (unpaired) electrons. The van der Waals surface area contributed by atoms with Gasteiger partial charge in [0.25, 0.3) is 0 Å². The molecular formula is C14H20FNO2. The van der Waals surface area contributed by atoms with Crippen LogP contribution in [0.1, 0.15) is 18.4 Å². The lowest BCUT2D eigenvalue weighted by Crippen LogP contribution is -2.02. The highest BCUT2D eigenvalue weighted by Crippen LogP contribution is 2.22. The van der Waals surface area contributed by atoms with Gasteiger partial charge in [-0.25, -0.2) is 4.39 Å². The summed E-state index contributed by atoms with van der Waals surface area (Å²) in [5, 5.41) is 0. The molecule has 0 heterocycles. The van der Waals surface area contributed by atoms with Crippen LogP contribution in [0.5, 0.6) is 5.75 Å². The zero-order chi connectivity index (χ0) is 13.4. The van der Waals surface area contributed by atoms with Crippen molar-refractivity contribution in [2.75, 3.05) is 27.4 Å². The number of ether oxygens (including phenoxy) is 2. The molecule has 0 aromatic heterocycles. The van der Waals surface area contributed by atoms with Crippen molar-refractivity contribution < 1.29 is 13.9 Å². The van der Waals surface area contributed by atoms with Crippen molar-refractivity contribution in [3.63, 3.8) is 0 Å². The number of methoxy groups -OCH3 is 2. The molecular weight excluding hydrogens is 233 g/mol. The molecule has 0 aliphatic carbocycles. The summed E-state index contributed by atoms with van der Waals surface area (Å²) in [5.74, 6) is -0.0966. The molecule has 0 unspecified atom stereocenters. The maximum absolute atomic E-state index is 14.0. The zero-order valence-corrected chi connectivity index (χ0v) is 10.9. The summed E-state index contributed by atoms with van der Waals surface area (Å²) >= 11 is 0. The van der Waals surface area contributed by atoms with E-state index in [4.69, 9.17) is 15.2 Å². The van der Waals surface area contributed by atoms with E-state index in [1.54, 1.807) is 31.4 Å². The quantitative estimate of drug-likeness (QED) is 0.812. The van der Waals surface area contributed by atoms with Crippen molar-refractivity contribution in [2.24, 2.45) is 5.73 Å². The first kappa shape index (κ1) is 14.7. The van der Waals surface area contributed by atoms with E-state index in [0.29, 0.717) is 18.7 Å². The van der Waals surface area contributed by atoms with Gasteiger partial charge in [-0.05, 0) is 31.0 Å². The molecule has 2 N–H and O–H groups in total. The summed E-state index contributed by atoms with van der Waals surface area (Å²) < 4.78 is 24.0. The van der Waals surface area contributed by atoms with Gasteiger partial charge in [-0.2, -0.15) is 0 Å². The van der Waals surface area contributed by atoms with Gasteiger partial charge in [0, 0.05) is 12.7 Å². The van der Waals surface area contributed by atoms with Gasteiger partial charge in [0.15, 0.2) is 11.6 Å². The van der Waals surface area contributed by atoms with Crippen LogP contribution >= 0.6 is 0 Å². The molecule has 4 heteroatoms. The number of halogens is 1. The Morgan fingerprint density at radius 2 is 2.17 bits per heavy atom. The minimum Gasteiger partial charge on any atom is -0.494 e. The fourth-order valence-corrected chi connectivity index (χ4v) is 1.72. The summed E-state index contributed by atoms with van der Waals surface area (Å²) in [4.78, 5) is 0. The van der Waals surface area contributed by atoms with Crippen molar-refractivity contribution in [3.8, 4) is 5.75 Å². The van der Waals surface area contributed by atoms with Gasteiger partial charge < -0.3 is 15.2 Å². The molecule has 0 saturated heterocycles. The van der Waals surface area contributed by atoms with Gasteiger partial charge in [-0.3, -0.25) is 0 Å². The van der Waals surface area contributed by atoms with Crippen LogP contribution in [0.25, 0.3) is 6.08 Å². The Balaban J connectivity index is 2.95. The summed E-state index contributed by atoms with van der Waals surface area (Å²) in [6.07, 6.45) is 3.47. The topological polar surface area (TPSA) is 44.5 Å². The number of nitrogens with two attached hydrogens (primary N) is 1. The van der Waals surface area contributed by atoms with Gasteiger partial charge in [0.1, 0.15) is 0 Å². The van der Waals surface area contributed by atoms with Crippen LogP contribution in [0.2, 0.25) is 0 Å². The average Bonchev–Trinajstić information content (AvgIpc) is 2.38. The maximum Gasteiger partial charge on any atom is 0.172 e. The second-order valence-electron chi connectivity index (χ2n) is 3.99. The van der Waals surface area contributed by atoms with Crippen LogP contribution in [0.3, 0.4) is 0 Å². The lowest BCUT2D eigenvalue weighted by atomic mass is 10.1. The minimum atomic E-state index is -0.346. The summed E-state index contributed by atoms with van der Waals surface area (Å²) in [7, 11) is 3.08. The highest BCUT2D eigenvalue weighted by molar-refractivity contribution is 5.56. The van der Waals surface area contributed by atoms with Crippen molar-refractivity contribution in [3.05, 3.63) is 35.2 Å². The van der Waals surface area contributed by atoms with Crippen molar-refractivity contribution >= 4 is 6.08 Å². The van der Waals surface area contributed by atoms with Gasteiger partial charge >= 0.3 is 0 Å². The fourth-order valence-electron chi connectivity index (χ4n) is 1.72. The van der Waals surface area contributed by atoms with E-state index in [-0.39, 0.29) is 11.6 Å². The zero-order valence-electron chi connectivity index (χ0n) is 10.9. The molecule has 1 aromatic rings. The molecule has 3 nitrogen and oxygen atoms in total. The Labute approximate surface area is 107 Å². The van der Waals surface area contributed by atoms with Gasteiger partial charge in [0.2, 0.25) is 0 Å². The van der Waals surface area contributed by atoms with E-state index < -0.39 is 0 Å². The standard InChI is InChI=1S/C14H20FNO2/c1-17-10-11(5-4-8-16)9-12-6-3-7-13(18-2)14(12)15/h3,6-7,9H,4-5,8,10,16H2,1-2H3/b11-9+. The monoisotopic (exact) mass is 253 g/mol. The predicted molar refractivity (Wildman–Crippen MR) is 71.1 cm³/mol. The van der Waals surface area contributed by atoms with Gasteiger partial charge in [-0.15, -0.1) is 0 Å². The molecule has 0 spiro atoms. The second-order valence-corrected chi connectivity index (χ2v) is 3.99. The molecule has 1 rings (SSSR count). The fraction of sp³-hybridized carbons (Fsp3) is 0.429. The molecule has 100 valence electrons. The largest absolute Gasteiger partial charge is 0.494 e. The highest BCUT2D eigenvalue weighted by atomic mass is 19.1. The van der Waals surface area contributed by atoms with E-state index in [1.807, 2.05) is 0 Å². The molecule has 0 aliphatic heterocycles. The third-order valence-corrected chi connectivity index (χ3v) is 2.60. The Morgan fingerprint density at radius 1 is 1.39 bits per heavy atom. The van der Waals surface area contributed by atoms with Crippen LogP contribution in [0.15, 0.2) is 23.8 Å². The van der Waals surface area contributed by atoms with E-state index in [0.717, 1.165) is 18.4 Å². The molecule has 1 aromatic carbocycles. The molecule has 0 amide bonds. The third-order valence-electron chi connectivity index (χ3n) is 2.60. The Bertz CT molecular complexity index is 405. The van der Waals surface area contributed by atoms with Crippen molar-refractivity contribution in [2.45, 2.75) is 12.8 Å². The Hall–Kier alpha value is -1.39. The first-order valence-electron chi connectivity index (χ1n) is 5.94. The van der Waals surface area contributed by atoms with Crippen molar-refractivity contribution in [1.82, 2.24) is 0 Å². The van der Waals surface area contributed by atoms with Gasteiger partial charge in [-0.1, -0.05) is 18.2 Å². The molecule has 0 bridgehead atoms. The molecule has 0 aliphatic rings. The van der Waals surface area contributed by atoms with Crippen molar-refractivity contribution in [1.29, 1.82) is 0 Å². The summed E-state index contributed by atoms with van der Waals surface area (Å²) in [5.41, 5.74) is 7.02.